The van der Waals surface area contributed by atoms with E-state index in [0.29, 0.717) is 22.7 Å². The van der Waals surface area contributed by atoms with Crippen molar-refractivity contribution >= 4 is 16.9 Å². The van der Waals surface area contributed by atoms with E-state index < -0.39 is 5.97 Å². The first-order valence-corrected chi connectivity index (χ1v) is 11.7. The van der Waals surface area contributed by atoms with Gasteiger partial charge >= 0.3 is 5.97 Å². The summed E-state index contributed by atoms with van der Waals surface area (Å²) in [6.45, 7) is 5.98. The highest BCUT2D eigenvalue weighted by molar-refractivity contribution is 6.07. The summed E-state index contributed by atoms with van der Waals surface area (Å²) in [7, 11) is 0. The summed E-state index contributed by atoms with van der Waals surface area (Å²) in [4.78, 5) is 12.1. The lowest BCUT2D eigenvalue weighted by molar-refractivity contribution is 0.0697. The van der Waals surface area contributed by atoms with Gasteiger partial charge < -0.3 is 14.3 Å². The van der Waals surface area contributed by atoms with Crippen LogP contribution in [0.1, 0.15) is 24.2 Å². The van der Waals surface area contributed by atoms with Crippen LogP contribution in [-0.4, -0.2) is 24.2 Å². The summed E-state index contributed by atoms with van der Waals surface area (Å²) in [6.07, 6.45) is 0. The van der Waals surface area contributed by atoms with Crippen LogP contribution in [0.5, 0.6) is 11.5 Å². The van der Waals surface area contributed by atoms with E-state index in [1.165, 1.54) is 0 Å². The number of hydrogen-bond donors (Lipinski definition) is 1. The Bertz CT molecular complexity index is 1560. The molecule has 1 N–H and O–H groups in total. The molecule has 0 radical (unpaired) electrons. The Morgan fingerprint density at radius 3 is 2.31 bits per heavy atom. The molecule has 5 rings (SSSR count). The highest BCUT2D eigenvalue weighted by Gasteiger charge is 2.22. The van der Waals surface area contributed by atoms with Crippen molar-refractivity contribution in [1.29, 1.82) is 0 Å². The van der Waals surface area contributed by atoms with Crippen LogP contribution < -0.4 is 14.7 Å². The molecule has 0 fully saturated rings. The minimum absolute atomic E-state index is 0.249. The molecule has 0 aromatic heterocycles. The topological polar surface area (TPSA) is 62.7 Å². The first-order chi connectivity index (χ1) is 17.1. The van der Waals surface area contributed by atoms with Crippen molar-refractivity contribution in [2.75, 3.05) is 13.1 Å². The number of hydrogen-bond acceptors (Lipinski definition) is 3. The van der Waals surface area contributed by atoms with Crippen LogP contribution in [0.4, 0.5) is 0 Å². The van der Waals surface area contributed by atoms with Gasteiger partial charge in [-0.3, -0.25) is 0 Å². The first-order valence-electron chi connectivity index (χ1n) is 11.7. The maximum absolute atomic E-state index is 12.1. The van der Waals surface area contributed by atoms with Crippen LogP contribution in [0.15, 0.2) is 95.4 Å². The minimum Gasteiger partial charge on any atom is -0.478 e. The number of fused-ring (bicyclic) bond motifs is 2. The van der Waals surface area contributed by atoms with Gasteiger partial charge in [0.1, 0.15) is 35.9 Å². The Labute approximate surface area is 203 Å². The molecule has 1 aliphatic heterocycles. The van der Waals surface area contributed by atoms with Gasteiger partial charge in [0, 0.05) is 28.6 Å². The molecule has 0 amide bonds. The zero-order chi connectivity index (χ0) is 24.4. The molecule has 1 heterocycles. The van der Waals surface area contributed by atoms with E-state index in [2.05, 4.69) is 24.5 Å². The Kier molecular flexibility index (Phi) is 6.06. The standard InChI is InChI=1S/C30H25NO4/c1-3-31(4-2)20-14-16-25-27(18-20)35-28-19-22(34-21-10-6-5-7-11-21)15-17-26(28)29(25)23-12-8-9-13-24(23)30(32)33/h5-19H,3-4H2,1-2H3/p+1. The number of carboxylic acid groups (broad SMARTS) is 1. The van der Waals surface area contributed by atoms with Gasteiger partial charge in [0.2, 0.25) is 5.36 Å². The second-order valence-corrected chi connectivity index (χ2v) is 8.25. The van der Waals surface area contributed by atoms with Crippen molar-refractivity contribution in [3.63, 3.8) is 0 Å². The van der Waals surface area contributed by atoms with Crippen molar-refractivity contribution in [2.24, 2.45) is 0 Å². The Balaban J connectivity index is 1.82. The van der Waals surface area contributed by atoms with Crippen molar-refractivity contribution in [2.45, 2.75) is 13.8 Å². The monoisotopic (exact) mass is 464 g/mol. The number of ether oxygens (including phenoxy) is 1. The quantitative estimate of drug-likeness (QED) is 0.230. The van der Waals surface area contributed by atoms with Crippen LogP contribution >= 0.6 is 0 Å². The molecule has 0 spiro atoms. The van der Waals surface area contributed by atoms with Crippen molar-refractivity contribution in [1.82, 2.24) is 4.58 Å². The van der Waals surface area contributed by atoms with Gasteiger partial charge in [0.25, 0.3) is 0 Å². The second-order valence-electron chi connectivity index (χ2n) is 8.25. The molecule has 2 aliphatic rings. The zero-order valence-electron chi connectivity index (χ0n) is 19.7. The molecule has 0 unspecified atom stereocenters. The summed E-state index contributed by atoms with van der Waals surface area (Å²) in [6, 6.07) is 28.5. The average molecular weight is 465 g/mol. The fraction of sp³-hybridized carbons (Fsp3) is 0.133. The van der Waals surface area contributed by atoms with Gasteiger partial charge in [-0.1, -0.05) is 36.4 Å². The Morgan fingerprint density at radius 2 is 1.57 bits per heavy atom. The third kappa shape index (κ3) is 4.28. The molecule has 174 valence electrons. The van der Waals surface area contributed by atoms with E-state index in [1.54, 1.807) is 12.1 Å². The first kappa shape index (κ1) is 22.4. The number of nitrogens with zero attached hydrogens (tertiary/aromatic N) is 1. The third-order valence-electron chi connectivity index (χ3n) is 6.21. The fourth-order valence-electron chi connectivity index (χ4n) is 4.51. The number of aromatic carboxylic acids is 1. The number of carbonyl (C=O) groups is 1. The Morgan fingerprint density at radius 1 is 0.829 bits per heavy atom. The molecule has 3 aromatic carbocycles. The van der Waals surface area contributed by atoms with E-state index in [9.17, 15) is 9.90 Å². The van der Waals surface area contributed by atoms with E-state index >= 15 is 0 Å². The molecular formula is C30H26NO4+. The number of para-hydroxylation sites is 1. The van der Waals surface area contributed by atoms with Gasteiger partial charge in [-0.2, -0.15) is 0 Å². The second kappa shape index (κ2) is 9.47. The van der Waals surface area contributed by atoms with Crippen LogP contribution in [0.25, 0.3) is 33.4 Å². The highest BCUT2D eigenvalue weighted by atomic mass is 16.5. The molecule has 5 nitrogen and oxygen atoms in total. The summed E-state index contributed by atoms with van der Waals surface area (Å²) in [5, 5.41) is 11.8. The van der Waals surface area contributed by atoms with Crippen molar-refractivity contribution < 1.29 is 19.1 Å². The third-order valence-corrected chi connectivity index (χ3v) is 6.21. The van der Waals surface area contributed by atoms with Crippen LogP contribution in [0, 0.1) is 0 Å². The molecule has 0 atom stereocenters. The van der Waals surface area contributed by atoms with E-state index in [1.807, 2.05) is 72.8 Å². The largest absolute Gasteiger partial charge is 0.478 e. The van der Waals surface area contributed by atoms with E-state index in [-0.39, 0.29) is 5.56 Å². The van der Waals surface area contributed by atoms with Crippen LogP contribution in [-0.2, 0) is 0 Å². The van der Waals surface area contributed by atoms with Crippen molar-refractivity contribution in [3.8, 4) is 33.9 Å². The van der Waals surface area contributed by atoms with Crippen LogP contribution in [0.2, 0.25) is 0 Å². The zero-order valence-corrected chi connectivity index (χ0v) is 19.7. The Hall–Kier alpha value is -4.38. The number of benzene rings is 4. The maximum Gasteiger partial charge on any atom is 0.336 e. The smallest absolute Gasteiger partial charge is 0.336 e. The normalized spacial score (nSPS) is 11.0. The number of rotatable bonds is 6. The van der Waals surface area contributed by atoms with Crippen molar-refractivity contribution in [3.05, 3.63) is 102 Å². The molecule has 1 aliphatic carbocycles. The lowest BCUT2D eigenvalue weighted by Crippen LogP contribution is -2.29. The lowest BCUT2D eigenvalue weighted by Gasteiger charge is -2.17. The molecule has 35 heavy (non-hydrogen) atoms. The summed E-state index contributed by atoms with van der Waals surface area (Å²) >= 11 is 0. The molecular weight excluding hydrogens is 438 g/mol. The summed E-state index contributed by atoms with van der Waals surface area (Å²) < 4.78 is 14.7. The summed E-state index contributed by atoms with van der Waals surface area (Å²) in [5.74, 6) is 1.09. The van der Waals surface area contributed by atoms with E-state index in [4.69, 9.17) is 9.15 Å². The maximum atomic E-state index is 12.1. The lowest BCUT2D eigenvalue weighted by atomic mass is 9.91. The average Bonchev–Trinajstić information content (AvgIpc) is 2.88. The van der Waals surface area contributed by atoms with Gasteiger partial charge in [0.05, 0.1) is 11.6 Å². The van der Waals surface area contributed by atoms with Crippen LogP contribution in [0.3, 0.4) is 0 Å². The predicted octanol–water partition coefficient (Wildman–Crippen LogP) is 6.51. The SMILES string of the molecule is CC[N+](CC)=c1ccc2c(-c3ccccc3C(=O)O)c3ccc(Oc4ccccc4)cc3oc-2c1. The fourth-order valence-corrected chi connectivity index (χ4v) is 4.51. The summed E-state index contributed by atoms with van der Waals surface area (Å²) in [5.41, 5.74) is 3.21. The van der Waals surface area contributed by atoms with Gasteiger partial charge in [-0.05, 0) is 55.8 Å². The molecule has 5 heteroatoms. The molecule has 0 saturated heterocycles. The van der Waals surface area contributed by atoms with E-state index in [0.717, 1.165) is 40.7 Å². The molecule has 0 bridgehead atoms. The molecule has 3 aromatic rings. The van der Waals surface area contributed by atoms with Gasteiger partial charge in [-0.25, -0.2) is 9.37 Å². The minimum atomic E-state index is -0.966. The van der Waals surface area contributed by atoms with Gasteiger partial charge in [-0.15, -0.1) is 0 Å². The molecule has 0 saturated carbocycles. The van der Waals surface area contributed by atoms with Gasteiger partial charge in [0.15, 0.2) is 0 Å². The predicted molar refractivity (Wildman–Crippen MR) is 138 cm³/mol. The highest BCUT2D eigenvalue weighted by Crippen LogP contribution is 2.42. The number of carboxylic acids is 1.